The van der Waals surface area contributed by atoms with E-state index < -0.39 is 0 Å². The van der Waals surface area contributed by atoms with Gasteiger partial charge in [-0.15, -0.1) is 0 Å². The lowest BCUT2D eigenvalue weighted by atomic mass is 9.96. The molecule has 6 heteroatoms. The fraction of sp³-hybridized carbons (Fsp3) is 0.304. The second kappa shape index (κ2) is 7.33. The van der Waals surface area contributed by atoms with Gasteiger partial charge in [-0.25, -0.2) is 0 Å². The molecule has 2 aliphatic heterocycles. The highest BCUT2D eigenvalue weighted by atomic mass is 79.9. The average Bonchev–Trinajstić information content (AvgIpc) is 3.33. The first-order valence-corrected chi connectivity index (χ1v) is 11.6. The van der Waals surface area contributed by atoms with Gasteiger partial charge >= 0.3 is 0 Å². The van der Waals surface area contributed by atoms with Crippen molar-refractivity contribution in [1.29, 1.82) is 0 Å². The third-order valence-electron chi connectivity index (χ3n) is 5.76. The number of thioether (sulfide) groups is 1. The zero-order valence-electron chi connectivity index (χ0n) is 16.7. The summed E-state index contributed by atoms with van der Waals surface area (Å²) in [5.74, 6) is 0. The van der Waals surface area contributed by atoms with E-state index in [4.69, 9.17) is 4.99 Å². The first-order valence-electron chi connectivity index (χ1n) is 9.89. The van der Waals surface area contributed by atoms with Crippen molar-refractivity contribution >= 4 is 32.9 Å². The summed E-state index contributed by atoms with van der Waals surface area (Å²) in [6.45, 7) is 7.72. The number of aliphatic imine (C=N–C) groups is 1. The minimum Gasteiger partial charge on any atom is -0.341 e. The Labute approximate surface area is 184 Å². The first-order chi connectivity index (χ1) is 14.0. The minimum absolute atomic E-state index is 0.0325. The maximum absolute atomic E-state index is 5.12. The van der Waals surface area contributed by atoms with E-state index in [0.29, 0.717) is 5.25 Å². The van der Waals surface area contributed by atoms with Gasteiger partial charge in [-0.3, -0.25) is 9.98 Å². The number of hydrogen-bond acceptors (Lipinski definition) is 4. The van der Waals surface area contributed by atoms with Gasteiger partial charge in [0.15, 0.2) is 5.17 Å². The second-order valence-electron chi connectivity index (χ2n) is 7.78. The number of halogens is 1. The maximum Gasteiger partial charge on any atom is 0.160 e. The number of hydrogen-bond donors (Lipinski definition) is 0. The Morgan fingerprint density at radius 2 is 1.90 bits per heavy atom. The predicted molar refractivity (Wildman–Crippen MR) is 124 cm³/mol. The maximum atomic E-state index is 5.12. The smallest absolute Gasteiger partial charge is 0.160 e. The normalized spacial score (nSPS) is 23.4. The van der Waals surface area contributed by atoms with E-state index in [9.17, 15) is 0 Å². The molecule has 0 amide bonds. The summed E-state index contributed by atoms with van der Waals surface area (Å²) in [5, 5.41) is 1.72. The average molecular weight is 467 g/mol. The van der Waals surface area contributed by atoms with Gasteiger partial charge in [0.25, 0.3) is 0 Å². The van der Waals surface area contributed by atoms with Crippen LogP contribution in [0.25, 0.3) is 5.69 Å². The van der Waals surface area contributed by atoms with Gasteiger partial charge in [0.05, 0.1) is 11.7 Å². The number of amidine groups is 1. The standard InChI is InChI=1S/C23H23BrN4S/c1-14-12-19(16(3)28(14)18-9-7-17(24)8-10-18)22-21(20-6-4-5-11-25-20)26-23-27(22)13-15(2)29-23/h4-12,15,21-22H,13H2,1-3H3/t15-,21+,22-/m1/s1. The van der Waals surface area contributed by atoms with E-state index in [0.717, 1.165) is 21.9 Å². The Morgan fingerprint density at radius 1 is 1.10 bits per heavy atom. The number of aryl methyl sites for hydroxylation is 1. The number of nitrogens with zero attached hydrogens (tertiary/aromatic N) is 4. The summed E-state index contributed by atoms with van der Waals surface area (Å²) in [5.41, 5.74) is 6.09. The molecule has 0 spiro atoms. The summed E-state index contributed by atoms with van der Waals surface area (Å²) in [7, 11) is 0. The molecule has 0 unspecified atom stereocenters. The van der Waals surface area contributed by atoms with E-state index in [1.54, 1.807) is 0 Å². The van der Waals surface area contributed by atoms with Gasteiger partial charge < -0.3 is 9.47 Å². The van der Waals surface area contributed by atoms with Crippen molar-refractivity contribution in [3.05, 3.63) is 81.8 Å². The zero-order valence-corrected chi connectivity index (χ0v) is 19.1. The molecule has 5 rings (SSSR count). The van der Waals surface area contributed by atoms with E-state index in [1.165, 1.54) is 22.6 Å². The van der Waals surface area contributed by atoms with Gasteiger partial charge in [0.1, 0.15) is 6.04 Å². The van der Waals surface area contributed by atoms with Crippen LogP contribution in [0.4, 0.5) is 0 Å². The zero-order chi connectivity index (χ0) is 20.1. The minimum atomic E-state index is 0.0325. The van der Waals surface area contributed by atoms with Crippen molar-refractivity contribution in [2.24, 2.45) is 4.99 Å². The van der Waals surface area contributed by atoms with Gasteiger partial charge in [0, 0.05) is 39.5 Å². The van der Waals surface area contributed by atoms with Crippen molar-refractivity contribution in [3.63, 3.8) is 0 Å². The molecule has 0 bridgehead atoms. The van der Waals surface area contributed by atoms with Crippen LogP contribution in [0.3, 0.4) is 0 Å². The largest absolute Gasteiger partial charge is 0.341 e. The van der Waals surface area contributed by atoms with Crippen LogP contribution in [0.15, 0.2) is 64.2 Å². The van der Waals surface area contributed by atoms with Crippen LogP contribution in [0.5, 0.6) is 0 Å². The molecule has 29 heavy (non-hydrogen) atoms. The van der Waals surface area contributed by atoms with E-state index in [1.807, 2.05) is 24.0 Å². The Hall–Kier alpha value is -2.05. The molecule has 4 heterocycles. The molecule has 1 fully saturated rings. The molecule has 0 aliphatic carbocycles. The first kappa shape index (κ1) is 18.9. The molecule has 1 aromatic carbocycles. The number of benzene rings is 1. The summed E-state index contributed by atoms with van der Waals surface area (Å²) in [4.78, 5) is 12.3. The van der Waals surface area contributed by atoms with Crippen molar-refractivity contribution in [2.75, 3.05) is 6.54 Å². The lowest BCUT2D eigenvalue weighted by Gasteiger charge is -2.27. The molecule has 0 radical (unpaired) electrons. The Morgan fingerprint density at radius 3 is 2.62 bits per heavy atom. The van der Waals surface area contributed by atoms with Gasteiger partial charge in [-0.2, -0.15) is 0 Å². The molecule has 0 saturated carbocycles. The van der Waals surface area contributed by atoms with Crippen LogP contribution in [0.1, 0.15) is 41.7 Å². The van der Waals surface area contributed by atoms with Crippen molar-refractivity contribution in [3.8, 4) is 5.69 Å². The molecule has 2 aromatic heterocycles. The highest BCUT2D eigenvalue weighted by Crippen LogP contribution is 2.48. The van der Waals surface area contributed by atoms with E-state index in [2.05, 4.69) is 93.6 Å². The molecular formula is C23H23BrN4S. The van der Waals surface area contributed by atoms with Crippen molar-refractivity contribution in [1.82, 2.24) is 14.5 Å². The molecule has 0 N–H and O–H groups in total. The lowest BCUT2D eigenvalue weighted by Crippen LogP contribution is -2.28. The number of pyridine rings is 1. The van der Waals surface area contributed by atoms with Crippen molar-refractivity contribution < 1.29 is 0 Å². The molecule has 2 aliphatic rings. The molecule has 3 atom stereocenters. The van der Waals surface area contributed by atoms with Gasteiger partial charge in [0.2, 0.25) is 0 Å². The highest BCUT2D eigenvalue weighted by molar-refractivity contribution is 9.10. The Bertz CT molecular complexity index is 1070. The molecular weight excluding hydrogens is 444 g/mol. The van der Waals surface area contributed by atoms with Crippen LogP contribution in [0, 0.1) is 13.8 Å². The summed E-state index contributed by atoms with van der Waals surface area (Å²) in [6, 6.07) is 17.2. The predicted octanol–water partition coefficient (Wildman–Crippen LogP) is 5.84. The SMILES string of the molecule is Cc1cc([C@@H]2[C@H](c3ccccn3)N=C3S[C@H](C)CN32)c(C)n1-c1ccc(Br)cc1. The third-order valence-corrected chi connectivity index (χ3v) is 7.39. The quantitative estimate of drug-likeness (QED) is 0.485. The molecule has 3 aromatic rings. The van der Waals surface area contributed by atoms with Crippen LogP contribution >= 0.6 is 27.7 Å². The number of aromatic nitrogens is 2. The molecule has 4 nitrogen and oxygen atoms in total. The van der Waals surface area contributed by atoms with Gasteiger partial charge in [-0.05, 0) is 61.9 Å². The fourth-order valence-corrected chi connectivity index (χ4v) is 5.89. The van der Waals surface area contributed by atoms with E-state index in [-0.39, 0.29) is 12.1 Å². The third kappa shape index (κ3) is 3.22. The summed E-state index contributed by atoms with van der Waals surface area (Å²) < 4.78 is 3.44. The number of rotatable bonds is 3. The Balaban J connectivity index is 1.62. The van der Waals surface area contributed by atoms with Gasteiger partial charge in [-0.1, -0.05) is 40.7 Å². The van der Waals surface area contributed by atoms with Crippen LogP contribution in [-0.2, 0) is 0 Å². The van der Waals surface area contributed by atoms with E-state index >= 15 is 0 Å². The number of fused-ring (bicyclic) bond motifs is 1. The monoisotopic (exact) mass is 466 g/mol. The highest BCUT2D eigenvalue weighted by Gasteiger charge is 2.44. The van der Waals surface area contributed by atoms with Crippen LogP contribution in [-0.4, -0.2) is 31.4 Å². The lowest BCUT2D eigenvalue weighted by molar-refractivity contribution is 0.320. The fourth-order valence-electron chi connectivity index (χ4n) is 4.53. The van der Waals surface area contributed by atoms with Crippen LogP contribution in [0.2, 0.25) is 0 Å². The molecule has 1 saturated heterocycles. The molecule has 148 valence electrons. The summed E-state index contributed by atoms with van der Waals surface area (Å²) >= 11 is 5.43. The second-order valence-corrected chi connectivity index (χ2v) is 10.1. The van der Waals surface area contributed by atoms with Crippen molar-refractivity contribution in [2.45, 2.75) is 38.1 Å². The summed E-state index contributed by atoms with van der Waals surface area (Å²) in [6.07, 6.45) is 1.87. The van der Waals surface area contributed by atoms with Crippen LogP contribution < -0.4 is 0 Å². The topological polar surface area (TPSA) is 33.4 Å². The Kier molecular flexibility index (Phi) is 4.79.